The van der Waals surface area contributed by atoms with Gasteiger partial charge in [0.05, 0.1) is 6.10 Å². The first-order valence-corrected chi connectivity index (χ1v) is 8.18. The molecule has 0 atom stereocenters. The smallest absolute Gasteiger partial charge is 0.410 e. The highest BCUT2D eigenvalue weighted by Gasteiger charge is 2.28. The zero-order valence-electron chi connectivity index (χ0n) is 13.7. The highest BCUT2D eigenvalue weighted by Crippen LogP contribution is 2.32. The van der Waals surface area contributed by atoms with Crippen molar-refractivity contribution in [2.45, 2.75) is 64.7 Å². The predicted octanol–water partition coefficient (Wildman–Crippen LogP) is 3.91. The second-order valence-corrected chi connectivity index (χ2v) is 7.22. The van der Waals surface area contributed by atoms with Gasteiger partial charge in [0.1, 0.15) is 11.4 Å². The number of nitrogens with zero attached hydrogens (tertiary/aromatic N) is 1. The molecule has 3 rings (SSSR count). The molecule has 0 radical (unpaired) electrons. The van der Waals surface area contributed by atoms with E-state index in [-0.39, 0.29) is 6.09 Å². The summed E-state index contributed by atoms with van der Waals surface area (Å²) in [6.45, 7) is 6.98. The number of ether oxygens (including phenoxy) is 2. The Labute approximate surface area is 132 Å². The van der Waals surface area contributed by atoms with Crippen molar-refractivity contribution in [3.8, 4) is 5.75 Å². The molecular formula is C18H25NO3. The van der Waals surface area contributed by atoms with E-state index in [0.29, 0.717) is 19.2 Å². The number of benzene rings is 1. The average molecular weight is 303 g/mol. The largest absolute Gasteiger partial charge is 0.490 e. The predicted molar refractivity (Wildman–Crippen MR) is 85.1 cm³/mol. The lowest BCUT2D eigenvalue weighted by Gasteiger charge is -2.33. The minimum atomic E-state index is -0.452. The van der Waals surface area contributed by atoms with Gasteiger partial charge in [-0.2, -0.15) is 0 Å². The van der Waals surface area contributed by atoms with Crippen molar-refractivity contribution in [1.29, 1.82) is 0 Å². The first-order chi connectivity index (χ1) is 10.4. The highest BCUT2D eigenvalue weighted by molar-refractivity contribution is 5.69. The van der Waals surface area contributed by atoms with Gasteiger partial charge in [0.15, 0.2) is 0 Å². The van der Waals surface area contributed by atoms with E-state index in [4.69, 9.17) is 9.47 Å². The first kappa shape index (κ1) is 15.2. The molecule has 4 nitrogen and oxygen atoms in total. The molecule has 1 aliphatic heterocycles. The van der Waals surface area contributed by atoms with E-state index < -0.39 is 5.60 Å². The van der Waals surface area contributed by atoms with E-state index in [2.05, 4.69) is 12.1 Å². The summed E-state index contributed by atoms with van der Waals surface area (Å²) in [5, 5.41) is 0. The lowest BCUT2D eigenvalue weighted by atomic mass is 9.95. The van der Waals surface area contributed by atoms with E-state index in [1.54, 1.807) is 4.90 Å². The van der Waals surface area contributed by atoms with Crippen LogP contribution in [-0.4, -0.2) is 29.2 Å². The molecule has 1 aliphatic carbocycles. The van der Waals surface area contributed by atoms with E-state index in [0.717, 1.165) is 25.0 Å². The summed E-state index contributed by atoms with van der Waals surface area (Å²) >= 11 is 0. The van der Waals surface area contributed by atoms with Crippen molar-refractivity contribution in [3.63, 3.8) is 0 Å². The Morgan fingerprint density at radius 2 is 2.05 bits per heavy atom. The molecule has 0 bridgehead atoms. The van der Waals surface area contributed by atoms with E-state index >= 15 is 0 Å². The third-order valence-corrected chi connectivity index (χ3v) is 4.22. The van der Waals surface area contributed by atoms with Crippen LogP contribution in [0.5, 0.6) is 5.75 Å². The molecule has 1 heterocycles. The second kappa shape index (κ2) is 5.82. The maximum atomic E-state index is 12.2. The van der Waals surface area contributed by atoms with E-state index in [1.807, 2.05) is 26.8 Å². The van der Waals surface area contributed by atoms with Gasteiger partial charge in [-0.15, -0.1) is 0 Å². The number of amides is 1. The monoisotopic (exact) mass is 303 g/mol. The van der Waals surface area contributed by atoms with Gasteiger partial charge in [-0.25, -0.2) is 4.79 Å². The average Bonchev–Trinajstić information content (AvgIpc) is 2.40. The van der Waals surface area contributed by atoms with Gasteiger partial charge >= 0.3 is 6.09 Å². The number of fused-ring (bicyclic) bond motifs is 1. The maximum Gasteiger partial charge on any atom is 0.410 e. The highest BCUT2D eigenvalue weighted by atomic mass is 16.6. The number of carbonyl (C=O) groups excluding carboxylic acids is 1. The zero-order chi connectivity index (χ0) is 15.7. The molecule has 0 spiro atoms. The van der Waals surface area contributed by atoms with Crippen LogP contribution in [-0.2, 0) is 17.7 Å². The summed E-state index contributed by atoms with van der Waals surface area (Å²) in [4.78, 5) is 14.0. The molecule has 1 aromatic carbocycles. The molecule has 4 heteroatoms. The normalized spacial score (nSPS) is 18.4. The molecule has 1 fully saturated rings. The van der Waals surface area contributed by atoms with Crippen LogP contribution in [0.4, 0.5) is 4.79 Å². The Bertz CT molecular complexity index is 558. The van der Waals surface area contributed by atoms with Gasteiger partial charge in [0, 0.05) is 18.7 Å². The van der Waals surface area contributed by atoms with Crippen molar-refractivity contribution < 1.29 is 14.3 Å². The minimum Gasteiger partial charge on any atom is -0.490 e. The topological polar surface area (TPSA) is 38.8 Å². The van der Waals surface area contributed by atoms with Gasteiger partial charge < -0.3 is 14.4 Å². The van der Waals surface area contributed by atoms with E-state index in [1.165, 1.54) is 17.5 Å². The summed E-state index contributed by atoms with van der Waals surface area (Å²) in [7, 11) is 0. The van der Waals surface area contributed by atoms with Crippen LogP contribution in [0.3, 0.4) is 0 Å². The van der Waals surface area contributed by atoms with Gasteiger partial charge in [-0.1, -0.05) is 12.1 Å². The molecule has 1 amide bonds. The second-order valence-electron chi connectivity index (χ2n) is 7.22. The first-order valence-electron chi connectivity index (χ1n) is 8.18. The summed E-state index contributed by atoms with van der Waals surface area (Å²) in [5.41, 5.74) is 1.98. The molecule has 1 saturated carbocycles. The number of hydrogen-bond donors (Lipinski definition) is 0. The molecule has 0 unspecified atom stereocenters. The van der Waals surface area contributed by atoms with Crippen LogP contribution >= 0.6 is 0 Å². The molecule has 0 saturated heterocycles. The van der Waals surface area contributed by atoms with Gasteiger partial charge in [-0.05, 0) is 58.1 Å². The van der Waals surface area contributed by atoms with Crippen LogP contribution in [0.1, 0.15) is 51.2 Å². The fraction of sp³-hybridized carbons (Fsp3) is 0.611. The van der Waals surface area contributed by atoms with Crippen LogP contribution in [0.2, 0.25) is 0 Å². The van der Waals surface area contributed by atoms with Gasteiger partial charge in [0.25, 0.3) is 0 Å². The van der Waals surface area contributed by atoms with Crippen LogP contribution in [0, 0.1) is 0 Å². The van der Waals surface area contributed by atoms with Crippen LogP contribution in [0.15, 0.2) is 18.2 Å². The van der Waals surface area contributed by atoms with Crippen molar-refractivity contribution >= 4 is 6.09 Å². The van der Waals surface area contributed by atoms with Crippen molar-refractivity contribution in [1.82, 2.24) is 4.90 Å². The SMILES string of the molecule is CC(C)(C)OC(=O)N1CCc2c(cccc2OC2CCC2)C1. The Morgan fingerprint density at radius 1 is 1.27 bits per heavy atom. The molecule has 120 valence electrons. The fourth-order valence-electron chi connectivity index (χ4n) is 2.84. The minimum absolute atomic E-state index is 0.233. The summed E-state index contributed by atoms with van der Waals surface area (Å²) in [6, 6.07) is 6.16. The third-order valence-electron chi connectivity index (χ3n) is 4.22. The molecule has 0 aromatic heterocycles. The molecule has 2 aliphatic rings. The molecule has 0 N–H and O–H groups in total. The Balaban J connectivity index is 1.70. The summed E-state index contributed by atoms with van der Waals surface area (Å²) in [5.74, 6) is 1.01. The number of hydrogen-bond acceptors (Lipinski definition) is 3. The molecule has 1 aromatic rings. The molecule has 22 heavy (non-hydrogen) atoms. The van der Waals surface area contributed by atoms with Crippen molar-refractivity contribution in [3.05, 3.63) is 29.3 Å². The van der Waals surface area contributed by atoms with Crippen LogP contribution in [0.25, 0.3) is 0 Å². The summed E-state index contributed by atoms with van der Waals surface area (Å²) < 4.78 is 11.6. The lowest BCUT2D eigenvalue weighted by Crippen LogP contribution is -2.40. The lowest BCUT2D eigenvalue weighted by molar-refractivity contribution is 0.0221. The van der Waals surface area contributed by atoms with Gasteiger partial charge in [-0.3, -0.25) is 0 Å². The van der Waals surface area contributed by atoms with Crippen molar-refractivity contribution in [2.75, 3.05) is 6.54 Å². The Hall–Kier alpha value is -1.71. The Kier molecular flexibility index (Phi) is 4.02. The van der Waals surface area contributed by atoms with E-state index in [9.17, 15) is 4.79 Å². The van der Waals surface area contributed by atoms with Gasteiger partial charge in [0.2, 0.25) is 0 Å². The summed E-state index contributed by atoms with van der Waals surface area (Å²) in [6.07, 6.45) is 4.57. The number of carbonyl (C=O) groups is 1. The van der Waals surface area contributed by atoms with Crippen molar-refractivity contribution in [2.24, 2.45) is 0 Å². The maximum absolute atomic E-state index is 12.2. The Morgan fingerprint density at radius 3 is 2.68 bits per heavy atom. The number of rotatable bonds is 2. The fourth-order valence-corrected chi connectivity index (χ4v) is 2.84. The molecular weight excluding hydrogens is 278 g/mol. The van der Waals surface area contributed by atoms with Crippen LogP contribution < -0.4 is 4.74 Å². The zero-order valence-corrected chi connectivity index (χ0v) is 13.7. The quantitative estimate of drug-likeness (QED) is 0.831. The standard InChI is InChI=1S/C18H25NO3/c1-18(2,3)22-17(20)19-11-10-15-13(12-19)6-4-9-16(15)21-14-7-5-8-14/h4,6,9,14H,5,7-8,10-12H2,1-3H3. The third kappa shape index (κ3) is 3.37.